The second-order valence-electron chi connectivity index (χ2n) is 10.8. The Balaban J connectivity index is 1.49. The van der Waals surface area contributed by atoms with Crippen molar-refractivity contribution >= 4 is 17.8 Å². The zero-order valence-electron chi connectivity index (χ0n) is 21.2. The molecule has 2 aromatic rings. The Morgan fingerprint density at radius 2 is 1.64 bits per heavy atom. The van der Waals surface area contributed by atoms with Gasteiger partial charge in [0.05, 0.1) is 11.1 Å². The number of carbonyl (C=O) groups excluding carboxylic acids is 2. The van der Waals surface area contributed by atoms with Crippen LogP contribution >= 0.6 is 0 Å². The van der Waals surface area contributed by atoms with Crippen molar-refractivity contribution in [3.8, 4) is 0 Å². The van der Waals surface area contributed by atoms with E-state index in [1.54, 1.807) is 26.0 Å². The zero-order valence-corrected chi connectivity index (χ0v) is 21.2. The Labute approximate surface area is 213 Å². The quantitative estimate of drug-likeness (QED) is 0.493. The van der Waals surface area contributed by atoms with Crippen LogP contribution in [0.5, 0.6) is 0 Å². The summed E-state index contributed by atoms with van der Waals surface area (Å²) >= 11 is 0. The highest BCUT2D eigenvalue weighted by Gasteiger charge is 2.46. The van der Waals surface area contributed by atoms with Crippen LogP contribution in [0.4, 0.5) is 0 Å². The van der Waals surface area contributed by atoms with Gasteiger partial charge in [-0.05, 0) is 81.9 Å². The smallest absolute Gasteiger partial charge is 0.335 e. The van der Waals surface area contributed by atoms with E-state index in [0.29, 0.717) is 12.0 Å². The lowest BCUT2D eigenvalue weighted by Gasteiger charge is -2.41. The molecule has 192 valence electrons. The molecule has 0 radical (unpaired) electrons. The lowest BCUT2D eigenvalue weighted by Crippen LogP contribution is -2.58. The predicted octanol–water partition coefficient (Wildman–Crippen LogP) is 3.87. The van der Waals surface area contributed by atoms with Crippen molar-refractivity contribution in [2.75, 3.05) is 0 Å². The van der Waals surface area contributed by atoms with Crippen LogP contribution in [0.2, 0.25) is 0 Å². The summed E-state index contributed by atoms with van der Waals surface area (Å²) in [5, 5.41) is 12.6. The van der Waals surface area contributed by atoms with Gasteiger partial charge in [-0.15, -0.1) is 0 Å². The minimum Gasteiger partial charge on any atom is -0.478 e. The third kappa shape index (κ3) is 5.78. The van der Waals surface area contributed by atoms with Crippen LogP contribution in [0, 0.1) is 0 Å². The van der Waals surface area contributed by atoms with E-state index in [1.165, 1.54) is 5.56 Å². The van der Waals surface area contributed by atoms with E-state index >= 15 is 0 Å². The van der Waals surface area contributed by atoms with E-state index in [-0.39, 0.29) is 29.8 Å². The van der Waals surface area contributed by atoms with Gasteiger partial charge in [-0.3, -0.25) is 9.59 Å². The molecule has 2 fully saturated rings. The van der Waals surface area contributed by atoms with Gasteiger partial charge < -0.3 is 21.1 Å². The molecule has 4 rings (SSSR count). The number of carboxylic acids is 1. The number of carboxylic acid groups (broad SMARTS) is 1. The number of nitrogens with one attached hydrogen (secondary N) is 1. The van der Waals surface area contributed by atoms with Gasteiger partial charge in [-0.25, -0.2) is 4.79 Å². The van der Waals surface area contributed by atoms with Gasteiger partial charge in [0.2, 0.25) is 11.8 Å². The molecular formula is C29H37N3O4. The standard InChI is InChI=1S/C29H37N3O4/c1-29(2,30)28(36)31-25(14-8-11-19-9-4-3-5-10-19)26(33)32-21-15-16-22(32)18-20(17-21)23-12-6-7-13-24(23)27(34)35/h3-7,9-10,12-13,20-22,25H,8,11,14-18,30H2,1-2H3,(H,31,36)(H,34,35)/t20?,21?,22?,25-/m1/s1. The third-order valence-corrected chi connectivity index (χ3v) is 7.61. The molecule has 2 aliphatic heterocycles. The molecule has 7 nitrogen and oxygen atoms in total. The van der Waals surface area contributed by atoms with Crippen molar-refractivity contribution in [2.24, 2.45) is 5.73 Å². The predicted molar refractivity (Wildman–Crippen MR) is 139 cm³/mol. The molecule has 0 spiro atoms. The number of hydrogen-bond acceptors (Lipinski definition) is 4. The van der Waals surface area contributed by atoms with Crippen molar-refractivity contribution in [3.63, 3.8) is 0 Å². The number of carbonyl (C=O) groups is 3. The van der Waals surface area contributed by atoms with Crippen LogP contribution in [0.15, 0.2) is 54.6 Å². The number of aryl methyl sites for hydroxylation is 1. The summed E-state index contributed by atoms with van der Waals surface area (Å²) in [5.74, 6) is -1.19. The molecule has 2 aromatic carbocycles. The van der Waals surface area contributed by atoms with E-state index < -0.39 is 17.6 Å². The molecule has 0 aliphatic carbocycles. The maximum absolute atomic E-state index is 13.9. The molecule has 7 heteroatoms. The van der Waals surface area contributed by atoms with Crippen molar-refractivity contribution in [1.29, 1.82) is 0 Å². The first-order chi connectivity index (χ1) is 17.1. The number of aromatic carboxylic acids is 1. The number of nitrogens with zero attached hydrogens (tertiary/aromatic N) is 1. The minimum atomic E-state index is -1.08. The lowest BCUT2D eigenvalue weighted by atomic mass is 9.82. The highest BCUT2D eigenvalue weighted by Crippen LogP contribution is 2.44. The summed E-state index contributed by atoms with van der Waals surface area (Å²) < 4.78 is 0. The van der Waals surface area contributed by atoms with Crippen LogP contribution in [-0.4, -0.2) is 51.5 Å². The van der Waals surface area contributed by atoms with Crippen molar-refractivity contribution < 1.29 is 19.5 Å². The first-order valence-corrected chi connectivity index (χ1v) is 12.9. The number of rotatable bonds is 9. The van der Waals surface area contributed by atoms with E-state index in [4.69, 9.17) is 5.73 Å². The maximum atomic E-state index is 13.9. The summed E-state index contributed by atoms with van der Waals surface area (Å²) in [6, 6.07) is 16.8. The molecule has 0 aromatic heterocycles. The van der Waals surface area contributed by atoms with Crippen LogP contribution in [-0.2, 0) is 16.0 Å². The summed E-state index contributed by atoms with van der Waals surface area (Å²) in [6.07, 6.45) is 5.40. The number of piperidine rings is 1. The fourth-order valence-electron chi connectivity index (χ4n) is 5.78. The van der Waals surface area contributed by atoms with Crippen LogP contribution < -0.4 is 11.1 Å². The molecule has 3 atom stereocenters. The molecule has 2 aliphatic rings. The van der Waals surface area contributed by atoms with Gasteiger partial charge in [0.25, 0.3) is 0 Å². The second-order valence-corrected chi connectivity index (χ2v) is 10.8. The molecule has 2 saturated heterocycles. The fraction of sp³-hybridized carbons (Fsp3) is 0.483. The van der Waals surface area contributed by atoms with Gasteiger partial charge in [0, 0.05) is 12.1 Å². The molecule has 2 amide bonds. The van der Waals surface area contributed by atoms with Gasteiger partial charge in [0.1, 0.15) is 6.04 Å². The molecule has 4 N–H and O–H groups in total. The maximum Gasteiger partial charge on any atom is 0.335 e. The number of fused-ring (bicyclic) bond motifs is 2. The highest BCUT2D eigenvalue weighted by atomic mass is 16.4. The Morgan fingerprint density at radius 3 is 2.25 bits per heavy atom. The van der Waals surface area contributed by atoms with Crippen molar-refractivity contribution in [3.05, 3.63) is 71.3 Å². The van der Waals surface area contributed by atoms with Crippen molar-refractivity contribution in [2.45, 2.75) is 88.4 Å². The van der Waals surface area contributed by atoms with Gasteiger partial charge in [-0.2, -0.15) is 0 Å². The summed E-state index contributed by atoms with van der Waals surface area (Å²) in [6.45, 7) is 3.28. The Hall–Kier alpha value is -3.19. The molecular weight excluding hydrogens is 454 g/mol. The number of amides is 2. The number of benzene rings is 2. The molecule has 36 heavy (non-hydrogen) atoms. The second kappa shape index (κ2) is 10.8. The van der Waals surface area contributed by atoms with Gasteiger partial charge in [-0.1, -0.05) is 48.5 Å². The molecule has 2 bridgehead atoms. The topological polar surface area (TPSA) is 113 Å². The Bertz CT molecular complexity index is 1080. The van der Waals surface area contributed by atoms with Crippen LogP contribution in [0.25, 0.3) is 0 Å². The summed E-state index contributed by atoms with van der Waals surface area (Å²) in [5.41, 5.74) is 7.35. The molecule has 2 unspecified atom stereocenters. The average molecular weight is 492 g/mol. The monoisotopic (exact) mass is 491 g/mol. The summed E-state index contributed by atoms with van der Waals surface area (Å²) in [4.78, 5) is 40.4. The molecule has 2 heterocycles. The minimum absolute atomic E-state index is 0.0434. The SMILES string of the molecule is CC(C)(N)C(=O)N[C@H](CCCc1ccccc1)C(=O)N1C2CCC1CC(c1ccccc1C(=O)O)C2. The number of nitrogens with two attached hydrogens (primary N) is 1. The van der Waals surface area contributed by atoms with Crippen LogP contribution in [0.1, 0.15) is 79.8 Å². The van der Waals surface area contributed by atoms with Crippen molar-refractivity contribution in [1.82, 2.24) is 10.2 Å². The lowest BCUT2D eigenvalue weighted by molar-refractivity contribution is -0.141. The van der Waals surface area contributed by atoms with Crippen LogP contribution in [0.3, 0.4) is 0 Å². The van der Waals surface area contributed by atoms with E-state index in [0.717, 1.165) is 44.1 Å². The fourth-order valence-corrected chi connectivity index (χ4v) is 5.78. The third-order valence-electron chi connectivity index (χ3n) is 7.61. The first kappa shape index (κ1) is 25.9. The van der Waals surface area contributed by atoms with E-state index in [9.17, 15) is 19.5 Å². The van der Waals surface area contributed by atoms with Gasteiger partial charge in [0.15, 0.2) is 0 Å². The molecule has 0 saturated carbocycles. The summed E-state index contributed by atoms with van der Waals surface area (Å²) in [7, 11) is 0. The van der Waals surface area contributed by atoms with E-state index in [2.05, 4.69) is 17.4 Å². The number of hydrogen-bond donors (Lipinski definition) is 3. The van der Waals surface area contributed by atoms with Gasteiger partial charge >= 0.3 is 5.97 Å². The van der Waals surface area contributed by atoms with E-state index in [1.807, 2.05) is 35.2 Å². The highest BCUT2D eigenvalue weighted by molar-refractivity contribution is 5.92. The average Bonchev–Trinajstić information content (AvgIpc) is 3.11. The normalized spacial score (nSPS) is 22.2. The zero-order chi connectivity index (χ0) is 25.9. The first-order valence-electron chi connectivity index (χ1n) is 12.9. The Morgan fingerprint density at radius 1 is 1.03 bits per heavy atom. The Kier molecular flexibility index (Phi) is 7.79. The largest absolute Gasteiger partial charge is 0.478 e.